The average molecular weight is 340 g/mol. The molecule has 0 N–H and O–H groups in total. The summed E-state index contributed by atoms with van der Waals surface area (Å²) in [7, 11) is 1.68. The molecule has 2 aliphatic heterocycles. The second-order valence-electron chi connectivity index (χ2n) is 6.11. The molecule has 2 atom stereocenters. The third kappa shape index (κ3) is 2.00. The number of ether oxygens (including phenoxy) is 2. The van der Waals surface area contributed by atoms with Crippen LogP contribution in [0.15, 0.2) is 36.7 Å². The minimum Gasteiger partial charge on any atom is -0.491 e. The molecule has 2 unspecified atom stereocenters. The SMILES string of the molecule is CN1C(=O)c2cnn3ccc(nc23)OC2c3cc(F)ccc3OCC21. The van der Waals surface area contributed by atoms with E-state index in [-0.39, 0.29) is 18.3 Å². The number of hydrogen-bond acceptors (Lipinski definition) is 5. The largest absolute Gasteiger partial charge is 0.491 e. The summed E-state index contributed by atoms with van der Waals surface area (Å²) >= 11 is 0. The lowest BCUT2D eigenvalue weighted by Gasteiger charge is -2.37. The van der Waals surface area contributed by atoms with Gasteiger partial charge >= 0.3 is 0 Å². The van der Waals surface area contributed by atoms with Crippen LogP contribution < -0.4 is 9.47 Å². The smallest absolute Gasteiger partial charge is 0.259 e. The molecule has 2 aliphatic rings. The quantitative estimate of drug-likeness (QED) is 0.625. The van der Waals surface area contributed by atoms with Gasteiger partial charge in [0.05, 0.1) is 6.20 Å². The summed E-state index contributed by atoms with van der Waals surface area (Å²) in [6.07, 6.45) is 2.59. The fourth-order valence-corrected chi connectivity index (χ4v) is 3.34. The Morgan fingerprint density at radius 2 is 2.20 bits per heavy atom. The van der Waals surface area contributed by atoms with Crippen LogP contribution in [0.25, 0.3) is 5.65 Å². The summed E-state index contributed by atoms with van der Waals surface area (Å²) < 4.78 is 27.1. The van der Waals surface area contributed by atoms with Crippen molar-refractivity contribution in [3.8, 4) is 11.6 Å². The van der Waals surface area contributed by atoms with Crippen molar-refractivity contribution in [3.63, 3.8) is 0 Å². The normalized spacial score (nSPS) is 21.7. The van der Waals surface area contributed by atoms with Gasteiger partial charge in [-0.25, -0.2) is 8.91 Å². The maximum absolute atomic E-state index is 13.8. The highest BCUT2D eigenvalue weighted by Gasteiger charge is 2.39. The first kappa shape index (κ1) is 14.2. The molecule has 2 aromatic heterocycles. The van der Waals surface area contributed by atoms with Crippen LogP contribution in [-0.4, -0.2) is 45.1 Å². The van der Waals surface area contributed by atoms with Crippen molar-refractivity contribution in [3.05, 3.63) is 53.6 Å². The van der Waals surface area contributed by atoms with Crippen LogP contribution in [0.1, 0.15) is 22.0 Å². The zero-order valence-electron chi connectivity index (χ0n) is 13.2. The van der Waals surface area contributed by atoms with Gasteiger partial charge in [0.15, 0.2) is 11.8 Å². The molecular weight excluding hydrogens is 327 g/mol. The summed E-state index contributed by atoms with van der Waals surface area (Å²) in [5.41, 5.74) is 1.37. The lowest BCUT2D eigenvalue weighted by molar-refractivity contribution is 0.0244. The number of benzene rings is 1. The molecule has 1 amide bonds. The van der Waals surface area contributed by atoms with Crippen molar-refractivity contribution in [1.29, 1.82) is 0 Å². The van der Waals surface area contributed by atoms with E-state index in [0.29, 0.717) is 28.4 Å². The molecule has 1 aromatic carbocycles. The molecule has 0 fully saturated rings. The summed E-state index contributed by atoms with van der Waals surface area (Å²) in [6.45, 7) is 0.242. The Morgan fingerprint density at radius 1 is 1.32 bits per heavy atom. The Hall–Kier alpha value is -3.16. The Morgan fingerprint density at radius 3 is 3.08 bits per heavy atom. The number of fused-ring (bicyclic) bond motifs is 4. The van der Waals surface area contributed by atoms with E-state index in [4.69, 9.17) is 9.47 Å². The number of halogens is 1. The van der Waals surface area contributed by atoms with Gasteiger partial charge in [-0.2, -0.15) is 10.1 Å². The molecule has 25 heavy (non-hydrogen) atoms. The Labute approximate surface area is 141 Å². The first-order valence-electron chi connectivity index (χ1n) is 7.82. The molecule has 3 aromatic rings. The molecule has 0 saturated heterocycles. The van der Waals surface area contributed by atoms with Crippen molar-refractivity contribution >= 4 is 11.6 Å². The van der Waals surface area contributed by atoms with Crippen LogP contribution in [0.4, 0.5) is 4.39 Å². The second-order valence-corrected chi connectivity index (χ2v) is 6.11. The van der Waals surface area contributed by atoms with E-state index < -0.39 is 12.1 Å². The van der Waals surface area contributed by atoms with Crippen LogP contribution >= 0.6 is 0 Å². The average Bonchev–Trinajstić information content (AvgIpc) is 3.04. The number of nitrogens with zero attached hydrogens (tertiary/aromatic N) is 4. The minimum atomic E-state index is -0.583. The number of carbonyl (C=O) groups is 1. The number of aromatic nitrogens is 3. The van der Waals surface area contributed by atoms with Gasteiger partial charge in [0, 0.05) is 24.9 Å². The molecule has 8 heteroatoms. The van der Waals surface area contributed by atoms with Gasteiger partial charge in [-0.05, 0) is 18.2 Å². The molecule has 7 nitrogen and oxygen atoms in total. The van der Waals surface area contributed by atoms with Crippen molar-refractivity contribution in [2.24, 2.45) is 0 Å². The standard InChI is InChI=1S/C17H13FN4O3/c1-21-12-8-24-13-3-2-9(18)6-10(13)15(12)25-14-4-5-22-16(20-14)11(7-19-22)17(21)23/h2-7,12,15H,8H2,1H3. The maximum Gasteiger partial charge on any atom is 0.259 e. The van der Waals surface area contributed by atoms with Crippen molar-refractivity contribution in [1.82, 2.24) is 19.5 Å². The van der Waals surface area contributed by atoms with Gasteiger partial charge in [-0.1, -0.05) is 0 Å². The first-order chi connectivity index (χ1) is 12.1. The van der Waals surface area contributed by atoms with Gasteiger partial charge in [0.2, 0.25) is 5.88 Å². The third-order valence-electron chi connectivity index (χ3n) is 4.68. The van der Waals surface area contributed by atoms with Gasteiger partial charge in [0.1, 0.15) is 29.8 Å². The molecule has 126 valence electrons. The fraction of sp³-hybridized carbons (Fsp3) is 0.235. The topological polar surface area (TPSA) is 69.0 Å². The van der Waals surface area contributed by atoms with Crippen LogP contribution in [0.2, 0.25) is 0 Å². The van der Waals surface area contributed by atoms with Crippen LogP contribution in [0, 0.1) is 5.82 Å². The van der Waals surface area contributed by atoms with E-state index in [1.165, 1.54) is 22.8 Å². The van der Waals surface area contributed by atoms with E-state index in [2.05, 4.69) is 10.1 Å². The molecule has 0 spiro atoms. The Balaban J connectivity index is 1.71. The van der Waals surface area contributed by atoms with Crippen molar-refractivity contribution in [2.45, 2.75) is 12.1 Å². The highest BCUT2D eigenvalue weighted by atomic mass is 19.1. The minimum absolute atomic E-state index is 0.233. The summed E-state index contributed by atoms with van der Waals surface area (Å²) in [6, 6.07) is 5.54. The lowest BCUT2D eigenvalue weighted by Crippen LogP contribution is -2.48. The number of amides is 1. The second kappa shape index (κ2) is 4.92. The molecule has 5 rings (SSSR count). The van der Waals surface area contributed by atoms with E-state index in [1.807, 2.05) is 0 Å². The highest BCUT2D eigenvalue weighted by molar-refractivity contribution is 5.99. The first-order valence-corrected chi connectivity index (χ1v) is 7.82. The number of hydrogen-bond donors (Lipinski definition) is 0. The van der Waals surface area contributed by atoms with Crippen LogP contribution in [0.3, 0.4) is 0 Å². The van der Waals surface area contributed by atoms with E-state index in [1.54, 1.807) is 30.3 Å². The summed E-state index contributed by atoms with van der Waals surface area (Å²) in [5.74, 6) is 0.278. The van der Waals surface area contributed by atoms with E-state index in [0.717, 1.165) is 0 Å². The molecule has 0 radical (unpaired) electrons. The predicted octanol–water partition coefficient (Wildman–Crippen LogP) is 1.84. The molecule has 0 aliphatic carbocycles. The molecule has 2 bridgehead atoms. The Kier molecular flexibility index (Phi) is 2.79. The van der Waals surface area contributed by atoms with Gasteiger partial charge in [-0.3, -0.25) is 4.79 Å². The molecule has 4 heterocycles. The predicted molar refractivity (Wildman–Crippen MR) is 84.1 cm³/mol. The van der Waals surface area contributed by atoms with Gasteiger partial charge in [0.25, 0.3) is 5.91 Å². The summed E-state index contributed by atoms with van der Waals surface area (Å²) in [4.78, 5) is 18.9. The summed E-state index contributed by atoms with van der Waals surface area (Å²) in [5, 5.41) is 4.14. The highest BCUT2D eigenvalue weighted by Crippen LogP contribution is 2.38. The number of carbonyl (C=O) groups excluding carboxylic acids is 1. The fourth-order valence-electron chi connectivity index (χ4n) is 3.34. The van der Waals surface area contributed by atoms with Crippen LogP contribution in [0.5, 0.6) is 11.6 Å². The van der Waals surface area contributed by atoms with E-state index in [9.17, 15) is 9.18 Å². The van der Waals surface area contributed by atoms with Crippen LogP contribution in [-0.2, 0) is 0 Å². The number of rotatable bonds is 0. The zero-order chi connectivity index (χ0) is 17.1. The maximum atomic E-state index is 13.8. The van der Waals surface area contributed by atoms with Gasteiger partial charge < -0.3 is 14.4 Å². The monoisotopic (exact) mass is 340 g/mol. The van der Waals surface area contributed by atoms with Gasteiger partial charge in [-0.15, -0.1) is 0 Å². The van der Waals surface area contributed by atoms with Crippen molar-refractivity contribution < 1.29 is 18.7 Å². The zero-order valence-corrected chi connectivity index (χ0v) is 13.2. The molecule has 0 saturated carbocycles. The van der Waals surface area contributed by atoms with E-state index >= 15 is 0 Å². The lowest BCUT2D eigenvalue weighted by atomic mass is 9.97. The third-order valence-corrected chi connectivity index (χ3v) is 4.68. The number of likely N-dealkylation sites (N-methyl/N-ethyl adjacent to an activating group) is 1. The Bertz CT molecular complexity index is 1020. The van der Waals surface area contributed by atoms with Crippen molar-refractivity contribution in [2.75, 3.05) is 13.7 Å². The molecular formula is C17H13FN4O3.